The van der Waals surface area contributed by atoms with Gasteiger partial charge in [-0.3, -0.25) is 0 Å². The lowest BCUT2D eigenvalue weighted by molar-refractivity contribution is 0.402. The maximum Gasteiger partial charge on any atom is 0.157 e. The zero-order valence-electron chi connectivity index (χ0n) is 14.6. The van der Waals surface area contributed by atoms with Crippen molar-refractivity contribution in [1.29, 1.82) is 0 Å². The Morgan fingerprint density at radius 2 is 1.37 bits per heavy atom. The van der Waals surface area contributed by atoms with E-state index in [1.165, 1.54) is 12.1 Å². The van der Waals surface area contributed by atoms with Gasteiger partial charge in [0, 0.05) is 29.0 Å². The molecule has 0 aliphatic heterocycles. The maximum atomic E-state index is 10.7. The fraction of sp³-hybridized carbons (Fsp3) is 0.182. The Morgan fingerprint density at radius 1 is 0.667 bits per heavy atom. The van der Waals surface area contributed by atoms with Crippen LogP contribution in [-0.2, 0) is 6.42 Å². The molecule has 27 heavy (non-hydrogen) atoms. The average molecular weight is 362 g/mol. The first-order chi connectivity index (χ1) is 12.8. The molecular formula is C22H18O5. The van der Waals surface area contributed by atoms with Crippen LogP contribution in [0, 0.1) is 6.92 Å². The molecular weight excluding hydrogens is 344 g/mol. The van der Waals surface area contributed by atoms with Crippen LogP contribution >= 0.6 is 0 Å². The smallest absolute Gasteiger partial charge is 0.157 e. The second-order valence-corrected chi connectivity index (χ2v) is 7.48. The summed E-state index contributed by atoms with van der Waals surface area (Å²) < 4.78 is 0. The summed E-state index contributed by atoms with van der Waals surface area (Å²) in [6, 6.07) is 9.71. The summed E-state index contributed by atoms with van der Waals surface area (Å²) >= 11 is 0. The summed E-state index contributed by atoms with van der Waals surface area (Å²) in [5.41, 5.74) is 5.55. The molecule has 2 bridgehead atoms. The third-order valence-electron chi connectivity index (χ3n) is 5.80. The monoisotopic (exact) mass is 362 g/mol. The van der Waals surface area contributed by atoms with Gasteiger partial charge in [0.1, 0.15) is 17.2 Å². The molecule has 0 amide bonds. The Balaban J connectivity index is 1.94. The van der Waals surface area contributed by atoms with Crippen molar-refractivity contribution >= 4 is 0 Å². The van der Waals surface area contributed by atoms with Crippen LogP contribution in [0.1, 0.15) is 50.8 Å². The van der Waals surface area contributed by atoms with Crippen molar-refractivity contribution < 1.29 is 25.5 Å². The molecule has 3 aromatic rings. The Kier molecular flexibility index (Phi) is 3.00. The van der Waals surface area contributed by atoms with Gasteiger partial charge in [0.25, 0.3) is 0 Å². The standard InChI is InChI=1S/C22H18O5/c1-9-2-15-20(18(26)3-9)13-4-10-5-16(24)17(25)8-12(10)21(15)22-14(13)6-11(23)7-19(22)27/h2-3,5-8,13,21,23-27H,4H2,1H3. The van der Waals surface area contributed by atoms with E-state index >= 15 is 0 Å². The quantitative estimate of drug-likeness (QED) is 0.393. The highest BCUT2D eigenvalue weighted by Gasteiger charge is 2.42. The molecule has 5 N–H and O–H groups in total. The molecule has 0 saturated heterocycles. The molecule has 2 atom stereocenters. The summed E-state index contributed by atoms with van der Waals surface area (Å²) in [7, 11) is 0. The van der Waals surface area contributed by atoms with Crippen LogP contribution in [0.25, 0.3) is 0 Å². The van der Waals surface area contributed by atoms with Crippen molar-refractivity contribution in [2.75, 3.05) is 0 Å². The minimum absolute atomic E-state index is 0.0212. The molecule has 6 rings (SSSR count). The van der Waals surface area contributed by atoms with Gasteiger partial charge in [-0.25, -0.2) is 0 Å². The number of phenolic OH excluding ortho intramolecular Hbond substituents is 5. The fourth-order valence-corrected chi connectivity index (χ4v) is 4.82. The fourth-order valence-electron chi connectivity index (χ4n) is 4.82. The molecule has 3 aromatic carbocycles. The second kappa shape index (κ2) is 5.10. The summed E-state index contributed by atoms with van der Waals surface area (Å²) in [5, 5.41) is 51.5. The zero-order valence-corrected chi connectivity index (χ0v) is 14.6. The van der Waals surface area contributed by atoms with Gasteiger partial charge in [-0.05, 0) is 65.4 Å². The Bertz CT molecular complexity index is 1130. The van der Waals surface area contributed by atoms with Crippen LogP contribution < -0.4 is 0 Å². The van der Waals surface area contributed by atoms with E-state index in [1.807, 2.05) is 13.0 Å². The first-order valence-corrected chi connectivity index (χ1v) is 8.79. The predicted molar refractivity (Wildman–Crippen MR) is 98.9 cm³/mol. The average Bonchev–Trinajstić information content (AvgIpc) is 2.78. The van der Waals surface area contributed by atoms with E-state index in [-0.39, 0.29) is 34.7 Å². The van der Waals surface area contributed by atoms with Crippen LogP contribution in [0.4, 0.5) is 0 Å². The van der Waals surface area contributed by atoms with Gasteiger partial charge in [0.15, 0.2) is 11.5 Å². The summed E-state index contributed by atoms with van der Waals surface area (Å²) in [5.74, 6) is -1.01. The van der Waals surface area contributed by atoms with Gasteiger partial charge in [-0.15, -0.1) is 0 Å². The van der Waals surface area contributed by atoms with Crippen LogP contribution in [0.2, 0.25) is 0 Å². The molecule has 3 aliphatic rings. The number of hydrogen-bond donors (Lipinski definition) is 5. The zero-order chi connectivity index (χ0) is 19.0. The van der Waals surface area contributed by atoms with Crippen molar-refractivity contribution in [3.8, 4) is 28.7 Å². The predicted octanol–water partition coefficient (Wildman–Crippen LogP) is 3.70. The van der Waals surface area contributed by atoms with Crippen LogP contribution in [0.5, 0.6) is 28.7 Å². The first kappa shape index (κ1) is 15.9. The second-order valence-electron chi connectivity index (χ2n) is 7.48. The number of phenols is 5. The normalized spacial score (nSPS) is 19.1. The SMILES string of the molecule is Cc1cc(O)c2c(c1)C1c3cc(O)c(O)cc3CC2c2cc(O)cc(O)c21. The molecule has 0 saturated carbocycles. The highest BCUT2D eigenvalue weighted by Crippen LogP contribution is 2.57. The van der Waals surface area contributed by atoms with Gasteiger partial charge in [-0.1, -0.05) is 6.07 Å². The van der Waals surface area contributed by atoms with E-state index in [4.69, 9.17) is 0 Å². The molecule has 0 radical (unpaired) electrons. The summed E-state index contributed by atoms with van der Waals surface area (Å²) in [6.45, 7) is 1.89. The molecule has 5 nitrogen and oxygen atoms in total. The number of aromatic hydroxyl groups is 5. The number of hydrogen-bond acceptors (Lipinski definition) is 5. The third kappa shape index (κ3) is 2.05. The lowest BCUT2D eigenvalue weighted by Gasteiger charge is -2.32. The van der Waals surface area contributed by atoms with Gasteiger partial charge in [-0.2, -0.15) is 0 Å². The van der Waals surface area contributed by atoms with Gasteiger partial charge in [0.05, 0.1) is 0 Å². The third-order valence-corrected chi connectivity index (χ3v) is 5.80. The molecule has 0 heterocycles. The van der Waals surface area contributed by atoms with Crippen molar-refractivity contribution in [3.05, 3.63) is 75.3 Å². The number of benzene rings is 3. The van der Waals surface area contributed by atoms with E-state index in [9.17, 15) is 25.5 Å². The lowest BCUT2D eigenvalue weighted by Crippen LogP contribution is -2.17. The molecule has 5 heteroatoms. The van der Waals surface area contributed by atoms with E-state index < -0.39 is 5.92 Å². The molecule has 0 aromatic heterocycles. The molecule has 3 aliphatic carbocycles. The van der Waals surface area contributed by atoms with E-state index in [1.54, 1.807) is 18.2 Å². The topological polar surface area (TPSA) is 101 Å². The highest BCUT2D eigenvalue weighted by molar-refractivity contribution is 5.69. The van der Waals surface area contributed by atoms with E-state index in [0.717, 1.165) is 33.4 Å². The van der Waals surface area contributed by atoms with Crippen molar-refractivity contribution in [2.24, 2.45) is 0 Å². The summed E-state index contributed by atoms with van der Waals surface area (Å²) in [4.78, 5) is 0. The lowest BCUT2D eigenvalue weighted by atomic mass is 9.71. The van der Waals surface area contributed by atoms with E-state index in [2.05, 4.69) is 0 Å². The van der Waals surface area contributed by atoms with Crippen molar-refractivity contribution in [2.45, 2.75) is 25.2 Å². The number of aryl methyl sites for hydroxylation is 1. The molecule has 136 valence electrons. The Hall–Kier alpha value is -3.34. The van der Waals surface area contributed by atoms with Gasteiger partial charge in [0.2, 0.25) is 0 Å². The Labute approximate surface area is 155 Å². The molecule has 0 fully saturated rings. The first-order valence-electron chi connectivity index (χ1n) is 8.79. The van der Waals surface area contributed by atoms with Gasteiger partial charge < -0.3 is 25.5 Å². The van der Waals surface area contributed by atoms with Crippen LogP contribution in [-0.4, -0.2) is 25.5 Å². The van der Waals surface area contributed by atoms with Gasteiger partial charge >= 0.3 is 0 Å². The van der Waals surface area contributed by atoms with Crippen LogP contribution in [0.15, 0.2) is 36.4 Å². The minimum atomic E-state index is -0.415. The van der Waals surface area contributed by atoms with E-state index in [0.29, 0.717) is 12.0 Å². The Morgan fingerprint density at radius 3 is 2.15 bits per heavy atom. The summed E-state index contributed by atoms with van der Waals surface area (Å²) in [6.07, 6.45) is 0.471. The highest BCUT2D eigenvalue weighted by atomic mass is 16.3. The van der Waals surface area contributed by atoms with Crippen LogP contribution in [0.3, 0.4) is 0 Å². The van der Waals surface area contributed by atoms with Crippen molar-refractivity contribution in [1.82, 2.24) is 0 Å². The largest absolute Gasteiger partial charge is 0.508 e. The number of rotatable bonds is 0. The van der Waals surface area contributed by atoms with Crippen molar-refractivity contribution in [3.63, 3.8) is 0 Å². The molecule has 2 unspecified atom stereocenters. The maximum absolute atomic E-state index is 10.7. The molecule has 0 spiro atoms. The minimum Gasteiger partial charge on any atom is -0.508 e.